The number of Topliss-reactive ketones (excluding diaryl/α,β-unsaturated/α-hetero) is 1. The molecule has 1 aliphatic heterocycles. The molecule has 2 rings (SSSR count). The molecule has 138 valence electrons. The van der Waals surface area contributed by atoms with Crippen LogP contribution in [0.25, 0.3) is 5.70 Å². The van der Waals surface area contributed by atoms with E-state index in [9.17, 15) is 9.59 Å². The first kappa shape index (κ1) is 19.7. The van der Waals surface area contributed by atoms with Gasteiger partial charge >= 0.3 is 6.09 Å². The fourth-order valence-electron chi connectivity index (χ4n) is 3.02. The van der Waals surface area contributed by atoms with E-state index in [0.29, 0.717) is 42.8 Å². The van der Waals surface area contributed by atoms with Crippen LogP contribution in [0.4, 0.5) is 4.79 Å². The Kier molecular flexibility index (Phi) is 7.40. The molecule has 0 radical (unpaired) electrons. The van der Waals surface area contributed by atoms with Gasteiger partial charge in [-0.15, -0.1) is 0 Å². The highest BCUT2D eigenvalue weighted by Crippen LogP contribution is 2.30. The first-order chi connectivity index (χ1) is 12.6. The predicted molar refractivity (Wildman–Crippen MR) is 100 cm³/mol. The van der Waals surface area contributed by atoms with Crippen LogP contribution in [-0.2, 0) is 9.53 Å². The summed E-state index contributed by atoms with van der Waals surface area (Å²) in [7, 11) is 0. The van der Waals surface area contributed by atoms with Gasteiger partial charge in [-0.2, -0.15) is 5.26 Å². The maximum Gasteiger partial charge on any atom is 0.414 e. The summed E-state index contributed by atoms with van der Waals surface area (Å²) in [6.07, 6.45) is 4.34. The number of hydrogen-bond acceptors (Lipinski definition) is 4. The third kappa shape index (κ3) is 4.72. The van der Waals surface area contributed by atoms with Gasteiger partial charge in [-0.3, -0.25) is 9.69 Å². The van der Waals surface area contributed by atoms with E-state index < -0.39 is 6.09 Å². The lowest BCUT2D eigenvalue weighted by atomic mass is 9.94. The number of ether oxygens (including phenoxy) is 1. The topological polar surface area (TPSA) is 70.4 Å². The molecule has 1 saturated heterocycles. The van der Waals surface area contributed by atoms with Gasteiger partial charge in [0.1, 0.15) is 6.61 Å². The molecule has 5 heteroatoms. The van der Waals surface area contributed by atoms with Crippen molar-refractivity contribution in [3.63, 3.8) is 0 Å². The van der Waals surface area contributed by atoms with E-state index in [2.05, 4.69) is 19.9 Å². The molecule has 0 N–H and O–H groups in total. The second-order valence-electron chi connectivity index (χ2n) is 6.41. The first-order valence-corrected chi connectivity index (χ1v) is 9.33. The van der Waals surface area contributed by atoms with Crippen LogP contribution < -0.4 is 0 Å². The molecular weight excluding hydrogens is 328 g/mol. The Morgan fingerprint density at radius 3 is 2.35 bits per heavy atom. The predicted octanol–water partition coefficient (Wildman–Crippen LogP) is 4.67. The molecule has 1 aliphatic rings. The Morgan fingerprint density at radius 1 is 1.15 bits per heavy atom. The van der Waals surface area contributed by atoms with Crippen LogP contribution in [0.5, 0.6) is 0 Å². The van der Waals surface area contributed by atoms with E-state index in [0.717, 1.165) is 31.2 Å². The lowest BCUT2D eigenvalue weighted by Gasteiger charge is -2.22. The number of nitrogens with zero attached hydrogens (tertiary/aromatic N) is 2. The van der Waals surface area contributed by atoms with E-state index in [1.165, 1.54) is 0 Å². The lowest BCUT2D eigenvalue weighted by Crippen LogP contribution is -2.26. The van der Waals surface area contributed by atoms with Gasteiger partial charge in [0.05, 0.1) is 23.9 Å². The Labute approximate surface area is 155 Å². The molecule has 5 nitrogen and oxygen atoms in total. The van der Waals surface area contributed by atoms with Gasteiger partial charge in [0.15, 0.2) is 5.78 Å². The maximum absolute atomic E-state index is 12.9. The molecule has 0 saturated carbocycles. The molecule has 0 aliphatic carbocycles. The van der Waals surface area contributed by atoms with Crippen molar-refractivity contribution in [2.75, 3.05) is 13.2 Å². The molecule has 1 fully saturated rings. The van der Waals surface area contributed by atoms with Crippen LogP contribution in [0.15, 0.2) is 29.8 Å². The minimum atomic E-state index is -0.415. The molecule has 0 aromatic heterocycles. The lowest BCUT2D eigenvalue weighted by molar-refractivity contribution is -0.115. The summed E-state index contributed by atoms with van der Waals surface area (Å²) in [5, 5.41) is 9.03. The van der Waals surface area contributed by atoms with E-state index in [1.54, 1.807) is 29.2 Å². The van der Waals surface area contributed by atoms with Crippen molar-refractivity contribution in [3.05, 3.63) is 41.0 Å². The van der Waals surface area contributed by atoms with Gasteiger partial charge in [-0.25, -0.2) is 4.79 Å². The quantitative estimate of drug-likeness (QED) is 0.604. The normalized spacial score (nSPS) is 14.7. The summed E-state index contributed by atoms with van der Waals surface area (Å²) in [6, 6.07) is 9.13. The van der Waals surface area contributed by atoms with E-state index >= 15 is 0 Å². The first-order valence-electron chi connectivity index (χ1n) is 9.33. The number of rotatable bonds is 9. The van der Waals surface area contributed by atoms with E-state index in [1.807, 2.05) is 0 Å². The number of allylic oxidation sites excluding steroid dienone is 1. The SMILES string of the molecule is CCCCC(=O)/C(CCCC)=C(\c1ccc(C#N)cc1)N1CCOC1=O. The average Bonchev–Trinajstić information content (AvgIpc) is 3.08. The van der Waals surface area contributed by atoms with Gasteiger partial charge in [-0.05, 0) is 37.0 Å². The number of benzene rings is 1. The number of amides is 1. The summed E-state index contributed by atoms with van der Waals surface area (Å²) >= 11 is 0. The van der Waals surface area contributed by atoms with Crippen LogP contribution in [0, 0.1) is 11.3 Å². The average molecular weight is 354 g/mol. The van der Waals surface area contributed by atoms with Crippen molar-refractivity contribution < 1.29 is 14.3 Å². The zero-order chi connectivity index (χ0) is 18.9. The molecule has 1 amide bonds. The molecule has 0 spiro atoms. The zero-order valence-corrected chi connectivity index (χ0v) is 15.6. The zero-order valence-electron chi connectivity index (χ0n) is 15.6. The minimum absolute atomic E-state index is 0.0966. The monoisotopic (exact) mass is 354 g/mol. The standard InChI is InChI=1S/C21H26N2O3/c1-3-5-7-18(19(24)8-6-4-2)20(23-13-14-26-21(23)25)17-11-9-16(15-22)10-12-17/h9-12H,3-8,13-14H2,1-2H3/b20-18+. The number of hydrogen-bond donors (Lipinski definition) is 0. The highest BCUT2D eigenvalue weighted by molar-refractivity contribution is 6.04. The fourth-order valence-corrected chi connectivity index (χ4v) is 3.02. The number of nitriles is 1. The van der Waals surface area contributed by atoms with Crippen molar-refractivity contribution >= 4 is 17.6 Å². The summed E-state index contributed by atoms with van der Waals surface area (Å²) in [4.78, 5) is 26.7. The number of unbranched alkanes of at least 4 members (excludes halogenated alkanes) is 2. The van der Waals surface area contributed by atoms with Crippen LogP contribution in [0.3, 0.4) is 0 Å². The Bertz CT molecular complexity index is 714. The van der Waals surface area contributed by atoms with E-state index in [4.69, 9.17) is 10.00 Å². The molecule has 1 aromatic rings. The molecule has 1 aromatic carbocycles. The molecule has 0 bridgehead atoms. The van der Waals surface area contributed by atoms with Crippen molar-refractivity contribution in [2.24, 2.45) is 0 Å². The van der Waals surface area contributed by atoms with Crippen molar-refractivity contribution in [1.82, 2.24) is 4.90 Å². The largest absolute Gasteiger partial charge is 0.447 e. The van der Waals surface area contributed by atoms with Gasteiger partial charge in [-0.1, -0.05) is 38.8 Å². The third-order valence-electron chi connectivity index (χ3n) is 4.48. The second kappa shape index (κ2) is 9.76. The Hall–Kier alpha value is -2.61. The number of ketones is 1. The molecule has 0 atom stereocenters. The van der Waals surface area contributed by atoms with Crippen molar-refractivity contribution in [2.45, 2.75) is 52.4 Å². The molecule has 0 unspecified atom stereocenters. The maximum atomic E-state index is 12.9. The van der Waals surface area contributed by atoms with Crippen LogP contribution >= 0.6 is 0 Å². The highest BCUT2D eigenvalue weighted by atomic mass is 16.6. The van der Waals surface area contributed by atoms with Crippen LogP contribution in [0.1, 0.15) is 63.5 Å². The van der Waals surface area contributed by atoms with Crippen molar-refractivity contribution in [1.29, 1.82) is 5.26 Å². The van der Waals surface area contributed by atoms with Crippen LogP contribution in [-0.4, -0.2) is 29.9 Å². The molecular formula is C21H26N2O3. The Morgan fingerprint density at radius 2 is 1.81 bits per heavy atom. The van der Waals surface area contributed by atoms with Crippen molar-refractivity contribution in [3.8, 4) is 6.07 Å². The fraction of sp³-hybridized carbons (Fsp3) is 0.476. The molecule has 1 heterocycles. The van der Waals surface area contributed by atoms with Gasteiger partial charge < -0.3 is 4.74 Å². The Balaban J connectivity index is 2.54. The third-order valence-corrected chi connectivity index (χ3v) is 4.48. The number of carbonyl (C=O) groups is 2. The number of carbonyl (C=O) groups excluding carboxylic acids is 2. The van der Waals surface area contributed by atoms with Crippen LogP contribution in [0.2, 0.25) is 0 Å². The van der Waals surface area contributed by atoms with E-state index in [-0.39, 0.29) is 5.78 Å². The summed E-state index contributed by atoms with van der Waals surface area (Å²) in [5.41, 5.74) is 2.67. The summed E-state index contributed by atoms with van der Waals surface area (Å²) in [5.74, 6) is 0.0966. The van der Waals surface area contributed by atoms with Gasteiger partial charge in [0.2, 0.25) is 0 Å². The summed E-state index contributed by atoms with van der Waals surface area (Å²) in [6.45, 7) is 4.90. The minimum Gasteiger partial charge on any atom is -0.447 e. The summed E-state index contributed by atoms with van der Waals surface area (Å²) < 4.78 is 5.12. The smallest absolute Gasteiger partial charge is 0.414 e. The molecule has 26 heavy (non-hydrogen) atoms. The van der Waals surface area contributed by atoms with Gasteiger partial charge in [0.25, 0.3) is 0 Å². The number of cyclic esters (lactones) is 1. The second-order valence-corrected chi connectivity index (χ2v) is 6.41. The van der Waals surface area contributed by atoms with Gasteiger partial charge in [0, 0.05) is 12.0 Å². The highest BCUT2D eigenvalue weighted by Gasteiger charge is 2.30.